The van der Waals surface area contributed by atoms with Gasteiger partial charge in [-0.15, -0.1) is 0 Å². The highest BCUT2D eigenvalue weighted by Gasteiger charge is 2.07. The van der Waals surface area contributed by atoms with Gasteiger partial charge in [0.15, 0.2) is 5.78 Å². The number of nitrogens with two attached hydrogens (primary N) is 1. The summed E-state index contributed by atoms with van der Waals surface area (Å²) in [5.41, 5.74) is 6.70. The van der Waals surface area contributed by atoms with Crippen molar-refractivity contribution in [3.8, 4) is 0 Å². The molecule has 3 nitrogen and oxygen atoms in total. The van der Waals surface area contributed by atoms with Crippen LogP contribution in [0.3, 0.4) is 0 Å². The van der Waals surface area contributed by atoms with Crippen molar-refractivity contribution in [1.29, 1.82) is 0 Å². The fraction of sp³-hybridized carbons (Fsp3) is 0.222. The predicted octanol–water partition coefficient (Wildman–Crippen LogP) is 0.320. The summed E-state index contributed by atoms with van der Waals surface area (Å²) in [7, 11) is 0. The van der Waals surface area contributed by atoms with Crippen LogP contribution in [0.15, 0.2) is 24.3 Å². The Bertz CT molecular complexity index is 284. The van der Waals surface area contributed by atoms with Crippen molar-refractivity contribution in [2.75, 3.05) is 6.61 Å². The Morgan fingerprint density at radius 2 is 2.08 bits per heavy atom. The van der Waals surface area contributed by atoms with Gasteiger partial charge in [-0.05, 0) is 5.56 Å². The smallest absolute Gasteiger partial charge is 0.188 e. The Labute approximate surface area is 70.8 Å². The molecular formula is C9H11NO2. The van der Waals surface area contributed by atoms with E-state index in [4.69, 9.17) is 10.8 Å². The average Bonchev–Trinajstić information content (AvgIpc) is 2.16. The van der Waals surface area contributed by atoms with Crippen LogP contribution < -0.4 is 5.73 Å². The molecule has 0 unspecified atom stereocenters. The number of rotatable bonds is 3. The minimum Gasteiger partial charge on any atom is -0.388 e. The molecule has 3 N–H and O–H groups in total. The van der Waals surface area contributed by atoms with Crippen LogP contribution in [-0.2, 0) is 6.54 Å². The van der Waals surface area contributed by atoms with Gasteiger partial charge in [0, 0.05) is 12.1 Å². The first-order valence-corrected chi connectivity index (χ1v) is 3.71. The summed E-state index contributed by atoms with van der Waals surface area (Å²) in [5.74, 6) is -0.281. The van der Waals surface area contributed by atoms with Crippen molar-refractivity contribution < 1.29 is 9.90 Å². The molecule has 0 fully saturated rings. The van der Waals surface area contributed by atoms with E-state index in [1.807, 2.05) is 6.07 Å². The average molecular weight is 165 g/mol. The van der Waals surface area contributed by atoms with Crippen LogP contribution in [0.1, 0.15) is 15.9 Å². The molecule has 0 aromatic heterocycles. The number of carbonyl (C=O) groups excluding carboxylic acids is 1. The predicted molar refractivity (Wildman–Crippen MR) is 45.7 cm³/mol. The molecule has 3 heteroatoms. The second kappa shape index (κ2) is 3.99. The molecule has 0 aliphatic heterocycles. The first-order chi connectivity index (χ1) is 5.79. The molecule has 0 aliphatic rings. The zero-order chi connectivity index (χ0) is 8.97. The molecule has 0 spiro atoms. The lowest BCUT2D eigenvalue weighted by Gasteiger charge is -2.03. The molecule has 0 aliphatic carbocycles. The Morgan fingerprint density at radius 3 is 2.67 bits per heavy atom. The van der Waals surface area contributed by atoms with Crippen LogP contribution in [0, 0.1) is 0 Å². The first kappa shape index (κ1) is 8.90. The zero-order valence-corrected chi connectivity index (χ0v) is 6.66. The van der Waals surface area contributed by atoms with Crippen LogP contribution >= 0.6 is 0 Å². The molecule has 0 amide bonds. The van der Waals surface area contributed by atoms with Crippen LogP contribution in [0.4, 0.5) is 0 Å². The molecule has 1 rings (SSSR count). The third kappa shape index (κ3) is 1.69. The van der Waals surface area contributed by atoms with E-state index in [2.05, 4.69) is 0 Å². The summed E-state index contributed by atoms with van der Waals surface area (Å²) in [5, 5.41) is 8.62. The SMILES string of the molecule is NCc1ccccc1C(=O)CO. The van der Waals surface area contributed by atoms with Crippen molar-refractivity contribution in [2.24, 2.45) is 5.73 Å². The lowest BCUT2D eigenvalue weighted by Crippen LogP contribution is -2.10. The van der Waals surface area contributed by atoms with E-state index < -0.39 is 6.61 Å². The topological polar surface area (TPSA) is 63.3 Å². The Balaban J connectivity index is 3.04. The van der Waals surface area contributed by atoms with Gasteiger partial charge in [-0.3, -0.25) is 4.79 Å². The highest BCUT2D eigenvalue weighted by Crippen LogP contribution is 2.07. The summed E-state index contributed by atoms with van der Waals surface area (Å²) in [6, 6.07) is 7.02. The molecule has 1 aromatic carbocycles. The standard InChI is InChI=1S/C9H11NO2/c10-5-7-3-1-2-4-8(7)9(12)6-11/h1-4,11H,5-6,10H2. The third-order valence-corrected chi connectivity index (χ3v) is 1.68. The van der Waals surface area contributed by atoms with E-state index >= 15 is 0 Å². The summed E-state index contributed by atoms with van der Waals surface area (Å²) < 4.78 is 0. The monoisotopic (exact) mass is 165 g/mol. The van der Waals surface area contributed by atoms with Crippen molar-refractivity contribution in [3.63, 3.8) is 0 Å². The number of carbonyl (C=O) groups is 1. The van der Waals surface area contributed by atoms with Crippen molar-refractivity contribution in [3.05, 3.63) is 35.4 Å². The quantitative estimate of drug-likeness (QED) is 0.634. The van der Waals surface area contributed by atoms with Gasteiger partial charge in [0.2, 0.25) is 0 Å². The van der Waals surface area contributed by atoms with Gasteiger partial charge >= 0.3 is 0 Å². The Kier molecular flexibility index (Phi) is 2.96. The molecule has 0 saturated carbocycles. The maximum absolute atomic E-state index is 11.1. The zero-order valence-electron chi connectivity index (χ0n) is 6.66. The summed E-state index contributed by atoms with van der Waals surface area (Å²) in [6.45, 7) is -0.140. The highest BCUT2D eigenvalue weighted by molar-refractivity contribution is 5.98. The number of hydrogen-bond acceptors (Lipinski definition) is 3. The maximum atomic E-state index is 11.1. The van der Waals surface area contributed by atoms with Gasteiger partial charge in [-0.2, -0.15) is 0 Å². The normalized spacial score (nSPS) is 9.83. The van der Waals surface area contributed by atoms with Gasteiger partial charge < -0.3 is 10.8 Å². The highest BCUT2D eigenvalue weighted by atomic mass is 16.3. The second-order valence-corrected chi connectivity index (χ2v) is 2.44. The molecule has 64 valence electrons. The summed E-state index contributed by atoms with van der Waals surface area (Å²) >= 11 is 0. The molecule has 0 radical (unpaired) electrons. The van der Waals surface area contributed by atoms with Crippen molar-refractivity contribution in [2.45, 2.75) is 6.54 Å². The number of benzene rings is 1. The second-order valence-electron chi connectivity index (χ2n) is 2.44. The molecule has 0 bridgehead atoms. The molecule has 0 saturated heterocycles. The lowest BCUT2D eigenvalue weighted by atomic mass is 10.0. The fourth-order valence-corrected chi connectivity index (χ4v) is 1.06. The molecular weight excluding hydrogens is 154 g/mol. The van der Waals surface area contributed by atoms with Crippen LogP contribution in [0.2, 0.25) is 0 Å². The van der Waals surface area contributed by atoms with Gasteiger partial charge in [0.1, 0.15) is 6.61 Å². The van der Waals surface area contributed by atoms with Gasteiger partial charge in [-0.25, -0.2) is 0 Å². The van der Waals surface area contributed by atoms with E-state index in [0.717, 1.165) is 5.56 Å². The fourth-order valence-electron chi connectivity index (χ4n) is 1.06. The first-order valence-electron chi connectivity index (χ1n) is 3.71. The maximum Gasteiger partial charge on any atom is 0.188 e. The Hall–Kier alpha value is -1.19. The van der Waals surface area contributed by atoms with Gasteiger partial charge in [0.25, 0.3) is 0 Å². The molecule has 1 aromatic rings. The third-order valence-electron chi connectivity index (χ3n) is 1.68. The lowest BCUT2D eigenvalue weighted by molar-refractivity contribution is 0.0903. The molecule has 0 heterocycles. The number of Topliss-reactive ketones (excluding diaryl/α,β-unsaturated/α-hetero) is 1. The van der Waals surface area contributed by atoms with Crippen molar-refractivity contribution in [1.82, 2.24) is 0 Å². The van der Waals surface area contributed by atoms with Gasteiger partial charge in [-0.1, -0.05) is 24.3 Å². The number of aliphatic hydroxyl groups excluding tert-OH is 1. The molecule has 0 atom stereocenters. The van der Waals surface area contributed by atoms with Crippen molar-refractivity contribution >= 4 is 5.78 Å². The van der Waals surface area contributed by atoms with E-state index in [0.29, 0.717) is 12.1 Å². The number of hydrogen-bond donors (Lipinski definition) is 2. The Morgan fingerprint density at radius 1 is 1.42 bits per heavy atom. The summed E-state index contributed by atoms with van der Waals surface area (Å²) in [6.07, 6.45) is 0. The minimum atomic E-state index is -0.461. The number of ketones is 1. The summed E-state index contributed by atoms with van der Waals surface area (Å²) in [4.78, 5) is 11.1. The van der Waals surface area contributed by atoms with E-state index in [-0.39, 0.29) is 5.78 Å². The van der Waals surface area contributed by atoms with Gasteiger partial charge in [0.05, 0.1) is 0 Å². The largest absolute Gasteiger partial charge is 0.388 e. The van der Waals surface area contributed by atoms with Crippen LogP contribution in [0.5, 0.6) is 0 Å². The van der Waals surface area contributed by atoms with E-state index in [1.54, 1.807) is 18.2 Å². The number of aliphatic hydroxyl groups is 1. The van der Waals surface area contributed by atoms with E-state index in [1.165, 1.54) is 0 Å². The van der Waals surface area contributed by atoms with E-state index in [9.17, 15) is 4.79 Å². The minimum absolute atomic E-state index is 0.281. The van der Waals surface area contributed by atoms with Crippen LogP contribution in [-0.4, -0.2) is 17.5 Å². The molecule has 12 heavy (non-hydrogen) atoms. The van der Waals surface area contributed by atoms with Crippen LogP contribution in [0.25, 0.3) is 0 Å².